The van der Waals surface area contributed by atoms with Crippen molar-refractivity contribution in [2.75, 3.05) is 32.7 Å². The Bertz CT molecular complexity index is 511. The van der Waals surface area contributed by atoms with E-state index in [-0.39, 0.29) is 0 Å². The number of rotatable bonds is 3. The van der Waals surface area contributed by atoms with Gasteiger partial charge in [0, 0.05) is 49.8 Å². The lowest BCUT2D eigenvalue weighted by molar-refractivity contribution is 0.231. The van der Waals surface area contributed by atoms with Crippen LogP contribution in [-0.4, -0.2) is 42.6 Å². The number of fused-ring (bicyclic) bond motifs is 1. The Kier molecular flexibility index (Phi) is 3.35. The van der Waals surface area contributed by atoms with Crippen LogP contribution in [-0.2, 0) is 0 Å². The fourth-order valence-corrected chi connectivity index (χ4v) is 2.88. The molecule has 0 bridgehead atoms. The molecule has 0 spiro atoms. The molecule has 96 valence electrons. The summed E-state index contributed by atoms with van der Waals surface area (Å²) in [6.45, 7) is 8.09. The minimum absolute atomic E-state index is 0.583. The second-order valence-corrected chi connectivity index (χ2v) is 5.24. The quantitative estimate of drug-likeness (QED) is 0.865. The summed E-state index contributed by atoms with van der Waals surface area (Å²) in [5, 5.41) is 4.78. The Morgan fingerprint density at radius 1 is 1.22 bits per heavy atom. The van der Waals surface area contributed by atoms with Crippen molar-refractivity contribution in [3.05, 3.63) is 36.0 Å². The van der Waals surface area contributed by atoms with Crippen LogP contribution < -0.4 is 5.32 Å². The maximum absolute atomic E-state index is 3.40. The fourth-order valence-electron chi connectivity index (χ4n) is 2.88. The van der Waals surface area contributed by atoms with E-state index >= 15 is 0 Å². The number of hydrogen-bond acceptors (Lipinski definition) is 2. The Morgan fingerprint density at radius 2 is 2.00 bits per heavy atom. The first-order valence-corrected chi connectivity index (χ1v) is 6.83. The summed E-state index contributed by atoms with van der Waals surface area (Å²) in [6.07, 6.45) is 2.18. The molecule has 1 unspecified atom stereocenters. The van der Waals surface area contributed by atoms with Crippen molar-refractivity contribution in [1.82, 2.24) is 15.2 Å². The van der Waals surface area contributed by atoms with Gasteiger partial charge in [0.2, 0.25) is 0 Å². The monoisotopic (exact) mass is 243 g/mol. The first-order valence-electron chi connectivity index (χ1n) is 6.83. The highest BCUT2D eigenvalue weighted by Gasteiger charge is 2.16. The van der Waals surface area contributed by atoms with E-state index in [4.69, 9.17) is 0 Å². The molecule has 1 saturated heterocycles. The van der Waals surface area contributed by atoms with Crippen molar-refractivity contribution in [1.29, 1.82) is 0 Å². The number of aromatic nitrogens is 1. The lowest BCUT2D eigenvalue weighted by Gasteiger charge is -2.29. The zero-order chi connectivity index (χ0) is 12.4. The minimum atomic E-state index is 0.583. The molecule has 0 radical (unpaired) electrons. The topological polar surface area (TPSA) is 31.1 Å². The molecule has 0 amide bonds. The van der Waals surface area contributed by atoms with E-state index in [1.54, 1.807) is 0 Å². The van der Waals surface area contributed by atoms with Gasteiger partial charge in [0.1, 0.15) is 0 Å². The molecule has 1 aliphatic rings. The molecule has 1 fully saturated rings. The summed E-state index contributed by atoms with van der Waals surface area (Å²) in [7, 11) is 0. The third-order valence-corrected chi connectivity index (χ3v) is 3.89. The average molecular weight is 243 g/mol. The average Bonchev–Trinajstić information content (AvgIpc) is 2.84. The van der Waals surface area contributed by atoms with Crippen LogP contribution in [0.3, 0.4) is 0 Å². The van der Waals surface area contributed by atoms with E-state index in [0.717, 1.165) is 19.6 Å². The Morgan fingerprint density at radius 3 is 2.83 bits per heavy atom. The fraction of sp³-hybridized carbons (Fsp3) is 0.467. The predicted molar refractivity (Wildman–Crippen MR) is 76.0 cm³/mol. The van der Waals surface area contributed by atoms with Gasteiger partial charge < -0.3 is 15.2 Å². The van der Waals surface area contributed by atoms with E-state index in [1.165, 1.54) is 29.6 Å². The van der Waals surface area contributed by atoms with Crippen molar-refractivity contribution in [2.24, 2.45) is 0 Å². The molecular weight excluding hydrogens is 222 g/mol. The van der Waals surface area contributed by atoms with Gasteiger partial charge in [0.25, 0.3) is 0 Å². The number of nitrogens with one attached hydrogen (secondary N) is 2. The van der Waals surface area contributed by atoms with E-state index in [9.17, 15) is 0 Å². The highest BCUT2D eigenvalue weighted by Crippen LogP contribution is 2.25. The molecule has 3 rings (SSSR count). The summed E-state index contributed by atoms with van der Waals surface area (Å²) < 4.78 is 0. The number of hydrogen-bond donors (Lipinski definition) is 2. The van der Waals surface area contributed by atoms with Crippen LogP contribution in [0.25, 0.3) is 10.9 Å². The predicted octanol–water partition coefficient (Wildman–Crippen LogP) is 2.18. The summed E-state index contributed by atoms with van der Waals surface area (Å²) in [5.41, 5.74) is 2.70. The molecule has 3 heteroatoms. The van der Waals surface area contributed by atoms with E-state index in [2.05, 4.69) is 52.6 Å². The largest absolute Gasteiger partial charge is 0.361 e. The number of aromatic amines is 1. The van der Waals surface area contributed by atoms with Crippen LogP contribution in [0, 0.1) is 0 Å². The van der Waals surface area contributed by atoms with Crippen LogP contribution in [0.5, 0.6) is 0 Å². The first kappa shape index (κ1) is 11.8. The number of H-pyrrole nitrogens is 1. The summed E-state index contributed by atoms with van der Waals surface area (Å²) in [4.78, 5) is 5.93. The molecule has 2 aromatic rings. The Labute approximate surface area is 108 Å². The minimum Gasteiger partial charge on any atom is -0.361 e. The number of piperazine rings is 1. The molecule has 1 aromatic heterocycles. The smallest absolute Gasteiger partial charge is 0.0456 e. The summed E-state index contributed by atoms with van der Waals surface area (Å²) in [6, 6.07) is 8.58. The molecule has 3 nitrogen and oxygen atoms in total. The third kappa shape index (κ3) is 2.28. The second-order valence-electron chi connectivity index (χ2n) is 5.24. The summed E-state index contributed by atoms with van der Waals surface area (Å²) in [5.74, 6) is 0.583. The number of nitrogens with zero attached hydrogens (tertiary/aromatic N) is 1. The zero-order valence-corrected chi connectivity index (χ0v) is 10.9. The van der Waals surface area contributed by atoms with Crippen LogP contribution in [0.15, 0.2) is 30.5 Å². The molecule has 1 atom stereocenters. The normalized spacial score (nSPS) is 19.2. The van der Waals surface area contributed by atoms with Crippen LogP contribution in [0.1, 0.15) is 18.4 Å². The number of benzene rings is 1. The van der Waals surface area contributed by atoms with Crippen molar-refractivity contribution < 1.29 is 0 Å². The van der Waals surface area contributed by atoms with Crippen LogP contribution in [0.2, 0.25) is 0 Å². The summed E-state index contributed by atoms with van der Waals surface area (Å²) >= 11 is 0. The van der Waals surface area contributed by atoms with E-state index < -0.39 is 0 Å². The van der Waals surface area contributed by atoms with Crippen LogP contribution >= 0.6 is 0 Å². The van der Waals surface area contributed by atoms with Gasteiger partial charge in [-0.2, -0.15) is 0 Å². The maximum atomic E-state index is 3.40. The zero-order valence-electron chi connectivity index (χ0n) is 10.9. The van der Waals surface area contributed by atoms with Gasteiger partial charge >= 0.3 is 0 Å². The second kappa shape index (κ2) is 5.12. The van der Waals surface area contributed by atoms with Crippen LogP contribution in [0.4, 0.5) is 0 Å². The molecule has 0 saturated carbocycles. The van der Waals surface area contributed by atoms with Crippen molar-refractivity contribution in [2.45, 2.75) is 12.8 Å². The van der Waals surface area contributed by atoms with Crippen molar-refractivity contribution in [3.8, 4) is 0 Å². The molecule has 2 heterocycles. The lowest BCUT2D eigenvalue weighted by atomic mass is 9.99. The Balaban J connectivity index is 1.76. The van der Waals surface area contributed by atoms with E-state index in [1.807, 2.05) is 0 Å². The molecule has 1 aromatic carbocycles. The molecule has 18 heavy (non-hydrogen) atoms. The highest BCUT2D eigenvalue weighted by molar-refractivity contribution is 5.83. The SMILES string of the molecule is CC(CN1CCNCC1)c1c[nH]c2ccccc12. The van der Waals surface area contributed by atoms with Crippen molar-refractivity contribution in [3.63, 3.8) is 0 Å². The Hall–Kier alpha value is -1.32. The van der Waals surface area contributed by atoms with Gasteiger partial charge in [-0.1, -0.05) is 25.1 Å². The standard InChI is InChI=1S/C15H21N3/c1-12(11-18-8-6-16-7-9-18)14-10-17-15-5-3-2-4-13(14)15/h2-5,10,12,16-17H,6-9,11H2,1H3. The van der Waals surface area contributed by atoms with Gasteiger partial charge in [-0.15, -0.1) is 0 Å². The lowest BCUT2D eigenvalue weighted by Crippen LogP contribution is -2.44. The van der Waals surface area contributed by atoms with Crippen molar-refractivity contribution >= 4 is 10.9 Å². The van der Waals surface area contributed by atoms with E-state index in [0.29, 0.717) is 5.92 Å². The molecular formula is C15H21N3. The van der Waals surface area contributed by atoms with Gasteiger partial charge in [-0.3, -0.25) is 0 Å². The van der Waals surface area contributed by atoms with Gasteiger partial charge in [0.15, 0.2) is 0 Å². The van der Waals surface area contributed by atoms with Gasteiger partial charge in [-0.05, 0) is 17.5 Å². The van der Waals surface area contributed by atoms with Gasteiger partial charge in [0.05, 0.1) is 0 Å². The third-order valence-electron chi connectivity index (χ3n) is 3.89. The number of para-hydroxylation sites is 1. The molecule has 1 aliphatic heterocycles. The maximum Gasteiger partial charge on any atom is 0.0456 e. The molecule has 0 aliphatic carbocycles. The van der Waals surface area contributed by atoms with Gasteiger partial charge in [-0.25, -0.2) is 0 Å². The molecule has 2 N–H and O–H groups in total. The first-order chi connectivity index (χ1) is 8.84. The highest BCUT2D eigenvalue weighted by atomic mass is 15.2.